The van der Waals surface area contributed by atoms with E-state index in [1.807, 2.05) is 26.0 Å². The van der Waals surface area contributed by atoms with E-state index in [1.54, 1.807) is 48.5 Å². The van der Waals surface area contributed by atoms with E-state index in [1.165, 1.54) is 25.3 Å². The van der Waals surface area contributed by atoms with Crippen molar-refractivity contribution >= 4 is 43.6 Å². The first-order chi connectivity index (χ1) is 16.3. The summed E-state index contributed by atoms with van der Waals surface area (Å²) in [5.74, 6) is 0.349. The van der Waals surface area contributed by atoms with Crippen molar-refractivity contribution in [2.45, 2.75) is 25.2 Å². The lowest BCUT2D eigenvalue weighted by atomic mass is 10.1. The highest BCUT2D eigenvalue weighted by Crippen LogP contribution is 2.37. The van der Waals surface area contributed by atoms with Gasteiger partial charge in [-0.1, -0.05) is 37.3 Å². The zero-order chi connectivity index (χ0) is 24.7. The molecule has 3 aromatic carbocycles. The minimum Gasteiger partial charge on any atom is -0.493 e. The Morgan fingerprint density at radius 2 is 1.71 bits per heavy atom. The first kappa shape index (κ1) is 25.5. The van der Waals surface area contributed by atoms with Crippen molar-refractivity contribution in [2.75, 3.05) is 18.0 Å². The van der Waals surface area contributed by atoms with Crippen LogP contribution < -0.4 is 13.8 Å². The molecular weight excluding hydrogens is 518 g/mol. The number of benzene rings is 3. The standard InChI is InChI=1S/C26H26BrNO5S/c1-4-19-11-14-21(15-12-19)28(34(30,31)22-9-7-6-8-10-22)25(29)16-13-20-17-23(27)26(33-5-2)24(18-20)32-3/h6-18H,4-5H2,1-3H3/b16-13+. The van der Waals surface area contributed by atoms with E-state index in [9.17, 15) is 13.2 Å². The van der Waals surface area contributed by atoms with Gasteiger partial charge in [0.1, 0.15) is 0 Å². The van der Waals surface area contributed by atoms with E-state index < -0.39 is 15.9 Å². The lowest BCUT2D eigenvalue weighted by Gasteiger charge is -2.21. The van der Waals surface area contributed by atoms with Crippen LogP contribution in [0.3, 0.4) is 0 Å². The summed E-state index contributed by atoms with van der Waals surface area (Å²) in [6.45, 7) is 4.34. The molecule has 0 unspecified atom stereocenters. The first-order valence-corrected chi connectivity index (χ1v) is 13.0. The summed E-state index contributed by atoms with van der Waals surface area (Å²) in [6.07, 6.45) is 3.57. The molecule has 1 amide bonds. The number of carbonyl (C=O) groups is 1. The van der Waals surface area contributed by atoms with Crippen LogP contribution in [-0.2, 0) is 21.2 Å². The molecule has 0 N–H and O–H groups in total. The molecule has 0 spiro atoms. The SMILES string of the molecule is CCOc1c(Br)cc(/C=C/C(=O)N(c2ccc(CC)cc2)S(=O)(=O)c2ccccc2)cc1OC. The van der Waals surface area contributed by atoms with E-state index in [0.29, 0.717) is 28.1 Å². The van der Waals surface area contributed by atoms with Crippen molar-refractivity contribution in [3.8, 4) is 11.5 Å². The molecule has 0 heterocycles. The summed E-state index contributed by atoms with van der Waals surface area (Å²) in [7, 11) is -2.61. The molecule has 8 heteroatoms. The van der Waals surface area contributed by atoms with Crippen molar-refractivity contribution in [3.05, 3.63) is 88.4 Å². The maximum Gasteiger partial charge on any atom is 0.271 e. The number of hydrogen-bond donors (Lipinski definition) is 0. The fraction of sp³-hybridized carbons (Fsp3) is 0.192. The highest BCUT2D eigenvalue weighted by molar-refractivity contribution is 9.10. The van der Waals surface area contributed by atoms with Crippen LogP contribution in [0.5, 0.6) is 11.5 Å². The molecule has 0 saturated carbocycles. The molecule has 0 aliphatic carbocycles. The van der Waals surface area contributed by atoms with E-state index >= 15 is 0 Å². The van der Waals surface area contributed by atoms with Crippen LogP contribution in [0.1, 0.15) is 25.0 Å². The van der Waals surface area contributed by atoms with Gasteiger partial charge in [0.2, 0.25) is 0 Å². The van der Waals surface area contributed by atoms with Gasteiger partial charge >= 0.3 is 0 Å². The van der Waals surface area contributed by atoms with Gasteiger partial charge in [-0.3, -0.25) is 4.79 Å². The average Bonchev–Trinajstić information content (AvgIpc) is 2.85. The maximum absolute atomic E-state index is 13.4. The van der Waals surface area contributed by atoms with Crippen molar-refractivity contribution in [1.82, 2.24) is 0 Å². The molecule has 3 rings (SSSR count). The molecule has 0 aliphatic heterocycles. The van der Waals surface area contributed by atoms with Crippen LogP contribution in [0.4, 0.5) is 5.69 Å². The monoisotopic (exact) mass is 543 g/mol. The second-order valence-corrected chi connectivity index (χ2v) is 9.88. The molecule has 0 atom stereocenters. The summed E-state index contributed by atoms with van der Waals surface area (Å²) < 4.78 is 39.3. The maximum atomic E-state index is 13.4. The Bertz CT molecular complexity index is 1270. The Kier molecular flexibility index (Phi) is 8.52. The number of nitrogens with zero attached hydrogens (tertiary/aromatic N) is 1. The minimum absolute atomic E-state index is 0.0294. The highest BCUT2D eigenvalue weighted by atomic mass is 79.9. The predicted molar refractivity (Wildman–Crippen MR) is 138 cm³/mol. The Hall–Kier alpha value is -3.10. The summed E-state index contributed by atoms with van der Waals surface area (Å²) in [5.41, 5.74) is 1.94. The van der Waals surface area contributed by atoms with Crippen molar-refractivity contribution < 1.29 is 22.7 Å². The smallest absolute Gasteiger partial charge is 0.271 e. The Balaban J connectivity index is 2.02. The summed E-state index contributed by atoms with van der Waals surface area (Å²) in [6, 6.07) is 18.3. The Morgan fingerprint density at radius 1 is 1.03 bits per heavy atom. The summed E-state index contributed by atoms with van der Waals surface area (Å²) >= 11 is 3.46. The molecule has 0 saturated heterocycles. The van der Waals surface area contributed by atoms with Crippen molar-refractivity contribution in [2.24, 2.45) is 0 Å². The van der Waals surface area contributed by atoms with Gasteiger partial charge in [-0.25, -0.2) is 8.42 Å². The number of rotatable bonds is 9. The third-order valence-corrected chi connectivity index (χ3v) is 7.35. The van der Waals surface area contributed by atoms with Gasteiger partial charge in [0.25, 0.3) is 15.9 Å². The predicted octanol–water partition coefficient (Wildman–Crippen LogP) is 5.85. The zero-order valence-electron chi connectivity index (χ0n) is 19.2. The van der Waals surface area contributed by atoms with Crippen molar-refractivity contribution in [3.63, 3.8) is 0 Å². The number of hydrogen-bond acceptors (Lipinski definition) is 5. The van der Waals surface area contributed by atoms with E-state index in [4.69, 9.17) is 9.47 Å². The van der Waals surface area contributed by atoms with Gasteiger partial charge in [-0.2, -0.15) is 4.31 Å². The fourth-order valence-electron chi connectivity index (χ4n) is 3.31. The summed E-state index contributed by atoms with van der Waals surface area (Å²) in [4.78, 5) is 13.3. The fourth-order valence-corrected chi connectivity index (χ4v) is 5.29. The third-order valence-electron chi connectivity index (χ3n) is 5.02. The molecular formula is C26H26BrNO5S. The average molecular weight is 544 g/mol. The number of amides is 1. The molecule has 178 valence electrons. The Morgan fingerprint density at radius 3 is 2.29 bits per heavy atom. The second kappa shape index (κ2) is 11.4. The van der Waals surface area contributed by atoms with Gasteiger partial charge in [-0.05, 0) is 82.9 Å². The van der Waals surface area contributed by atoms with Gasteiger partial charge in [-0.15, -0.1) is 0 Å². The number of carbonyl (C=O) groups excluding carboxylic acids is 1. The van der Waals surface area contributed by atoms with E-state index in [2.05, 4.69) is 15.9 Å². The van der Waals surface area contributed by atoms with E-state index in [0.717, 1.165) is 16.3 Å². The largest absolute Gasteiger partial charge is 0.493 e. The quantitative estimate of drug-likeness (QED) is 0.316. The minimum atomic E-state index is -4.13. The number of halogens is 1. The number of aryl methyl sites for hydroxylation is 1. The molecule has 0 aliphatic rings. The number of ether oxygens (including phenoxy) is 2. The topological polar surface area (TPSA) is 72.9 Å². The van der Waals surface area contributed by atoms with Crippen LogP contribution in [-0.4, -0.2) is 28.0 Å². The van der Waals surface area contributed by atoms with Gasteiger partial charge < -0.3 is 9.47 Å². The molecule has 0 fully saturated rings. The van der Waals surface area contributed by atoms with Crippen LogP contribution in [0.2, 0.25) is 0 Å². The van der Waals surface area contributed by atoms with Gasteiger partial charge in [0.15, 0.2) is 11.5 Å². The third kappa shape index (κ3) is 5.69. The molecule has 3 aromatic rings. The van der Waals surface area contributed by atoms with Crippen LogP contribution >= 0.6 is 15.9 Å². The Labute approximate surface area is 209 Å². The number of methoxy groups -OCH3 is 1. The van der Waals surface area contributed by atoms with Crippen LogP contribution in [0.15, 0.2) is 82.2 Å². The van der Waals surface area contributed by atoms with Crippen molar-refractivity contribution in [1.29, 1.82) is 0 Å². The van der Waals surface area contributed by atoms with Gasteiger partial charge in [0.05, 0.1) is 28.8 Å². The number of anilines is 1. The lowest BCUT2D eigenvalue weighted by molar-refractivity contribution is -0.113. The van der Waals surface area contributed by atoms with Crippen LogP contribution in [0, 0.1) is 0 Å². The molecule has 0 radical (unpaired) electrons. The zero-order valence-corrected chi connectivity index (χ0v) is 21.6. The van der Waals surface area contributed by atoms with Gasteiger partial charge in [0, 0.05) is 6.08 Å². The molecule has 0 aromatic heterocycles. The molecule has 34 heavy (non-hydrogen) atoms. The second-order valence-electron chi connectivity index (χ2n) is 7.24. The normalized spacial score (nSPS) is 11.4. The summed E-state index contributed by atoms with van der Waals surface area (Å²) in [5, 5.41) is 0. The lowest BCUT2D eigenvalue weighted by Crippen LogP contribution is -2.35. The highest BCUT2D eigenvalue weighted by Gasteiger charge is 2.29. The molecule has 6 nitrogen and oxygen atoms in total. The van der Waals surface area contributed by atoms with Crippen LogP contribution in [0.25, 0.3) is 6.08 Å². The molecule has 0 bridgehead atoms. The van der Waals surface area contributed by atoms with E-state index in [-0.39, 0.29) is 10.6 Å². The first-order valence-electron chi connectivity index (χ1n) is 10.7. The number of sulfonamides is 1.